The second-order valence-electron chi connectivity index (χ2n) is 10.1. The Morgan fingerprint density at radius 3 is 2.78 bits per heavy atom. The summed E-state index contributed by atoms with van der Waals surface area (Å²) in [6.07, 6.45) is 5.36. The molecule has 194 valence electrons. The molecule has 37 heavy (non-hydrogen) atoms. The summed E-state index contributed by atoms with van der Waals surface area (Å²) < 4.78 is 7.06. The van der Waals surface area contributed by atoms with E-state index in [-0.39, 0.29) is 17.9 Å². The molecule has 2 aliphatic rings. The van der Waals surface area contributed by atoms with E-state index < -0.39 is 5.76 Å². The number of nitrogens with one attached hydrogen (secondary N) is 2. The van der Waals surface area contributed by atoms with Gasteiger partial charge in [0.15, 0.2) is 11.4 Å². The van der Waals surface area contributed by atoms with Crippen LogP contribution in [0.15, 0.2) is 68.8 Å². The van der Waals surface area contributed by atoms with Crippen molar-refractivity contribution in [2.24, 2.45) is 4.99 Å². The fourth-order valence-corrected chi connectivity index (χ4v) is 5.06. The van der Waals surface area contributed by atoms with Gasteiger partial charge in [-0.2, -0.15) is 0 Å². The van der Waals surface area contributed by atoms with Crippen molar-refractivity contribution in [2.45, 2.75) is 32.4 Å². The maximum absolute atomic E-state index is 12.7. The van der Waals surface area contributed by atoms with Crippen molar-refractivity contribution in [2.75, 3.05) is 45.8 Å². The lowest BCUT2D eigenvalue weighted by Gasteiger charge is -2.42. The molecule has 2 aromatic carbocycles. The van der Waals surface area contributed by atoms with Crippen LogP contribution >= 0.6 is 0 Å². The number of aromatic nitrogens is 1. The van der Waals surface area contributed by atoms with E-state index in [2.05, 4.69) is 53.7 Å². The van der Waals surface area contributed by atoms with E-state index >= 15 is 0 Å². The summed E-state index contributed by atoms with van der Waals surface area (Å²) in [4.78, 5) is 32.7. The van der Waals surface area contributed by atoms with Crippen molar-refractivity contribution in [3.05, 3.63) is 81.9 Å². The number of aliphatic imine (C=N–C) groups is 1. The molecule has 1 aromatic heterocycles. The molecule has 0 amide bonds. The molecule has 2 N–H and O–H groups in total. The van der Waals surface area contributed by atoms with Gasteiger partial charge in [-0.1, -0.05) is 31.2 Å². The molecule has 0 bridgehead atoms. The smallest absolute Gasteiger partial charge is 0.408 e. The Balaban J connectivity index is 1.35. The van der Waals surface area contributed by atoms with Crippen LogP contribution in [0.3, 0.4) is 0 Å². The maximum Gasteiger partial charge on any atom is 0.420 e. The topological polar surface area (TPSA) is 91.9 Å². The number of oxazole rings is 1. The van der Waals surface area contributed by atoms with Crippen LogP contribution < -0.4 is 16.4 Å². The molecule has 8 nitrogen and oxygen atoms in total. The Morgan fingerprint density at radius 1 is 1.19 bits per heavy atom. The third-order valence-corrected chi connectivity index (χ3v) is 7.27. The van der Waals surface area contributed by atoms with Crippen LogP contribution in [0.2, 0.25) is 0 Å². The molecule has 8 heteroatoms. The first kappa shape index (κ1) is 25.3. The monoisotopic (exact) mass is 501 g/mol. The van der Waals surface area contributed by atoms with Gasteiger partial charge in [-0.15, -0.1) is 0 Å². The first-order valence-corrected chi connectivity index (χ1v) is 13.1. The number of hydrogen-bond acceptors (Lipinski definition) is 7. The van der Waals surface area contributed by atoms with Crippen molar-refractivity contribution in [1.29, 1.82) is 0 Å². The summed E-state index contributed by atoms with van der Waals surface area (Å²) in [6, 6.07) is 13.3. The highest BCUT2D eigenvalue weighted by Crippen LogP contribution is 2.24. The lowest BCUT2D eigenvalue weighted by Crippen LogP contribution is -2.56. The van der Waals surface area contributed by atoms with Crippen LogP contribution in [-0.2, 0) is 6.54 Å². The van der Waals surface area contributed by atoms with Crippen molar-refractivity contribution in [1.82, 2.24) is 20.1 Å². The Kier molecular flexibility index (Phi) is 7.50. The number of carbonyl (C=O) groups is 1. The van der Waals surface area contributed by atoms with Gasteiger partial charge in [0.25, 0.3) is 0 Å². The molecule has 0 aliphatic carbocycles. The van der Waals surface area contributed by atoms with Crippen LogP contribution in [0.1, 0.15) is 41.8 Å². The summed E-state index contributed by atoms with van der Waals surface area (Å²) >= 11 is 0. The fraction of sp³-hybridized carbons (Fsp3) is 0.414. The van der Waals surface area contributed by atoms with Gasteiger partial charge in [0.1, 0.15) is 0 Å². The van der Waals surface area contributed by atoms with E-state index in [1.165, 1.54) is 0 Å². The number of ketones is 1. The Labute approximate surface area is 217 Å². The third kappa shape index (κ3) is 5.51. The van der Waals surface area contributed by atoms with Gasteiger partial charge in [-0.05, 0) is 61.4 Å². The van der Waals surface area contributed by atoms with Crippen LogP contribution in [0.4, 0.5) is 0 Å². The molecule has 1 saturated heterocycles. The zero-order valence-electron chi connectivity index (χ0n) is 21.6. The van der Waals surface area contributed by atoms with Crippen LogP contribution in [0.25, 0.3) is 11.1 Å². The summed E-state index contributed by atoms with van der Waals surface area (Å²) in [6.45, 7) is 10.5. The molecule has 5 rings (SSSR count). The minimum atomic E-state index is -0.434. The predicted octanol–water partition coefficient (Wildman–Crippen LogP) is 2.85. The van der Waals surface area contributed by atoms with E-state index in [1.807, 2.05) is 12.1 Å². The Hall–Kier alpha value is -3.33. The number of hydrogen-bond donors (Lipinski definition) is 2. The number of allylic oxidation sites excluding steroid dienone is 1. The highest BCUT2D eigenvalue weighted by atomic mass is 16.4. The average molecular weight is 502 g/mol. The number of piperazine rings is 1. The second-order valence-corrected chi connectivity index (χ2v) is 10.1. The summed E-state index contributed by atoms with van der Waals surface area (Å²) in [5.74, 6) is -0.441. The van der Waals surface area contributed by atoms with Gasteiger partial charge in [-0.25, -0.2) is 4.79 Å². The molecular formula is C29H35N5O3. The van der Waals surface area contributed by atoms with Crippen LogP contribution in [0, 0.1) is 0 Å². The van der Waals surface area contributed by atoms with Crippen molar-refractivity contribution >= 4 is 22.6 Å². The summed E-state index contributed by atoms with van der Waals surface area (Å²) in [5, 5.41) is 6.55. The molecular weight excluding hydrogens is 466 g/mol. The molecule has 3 heterocycles. The van der Waals surface area contributed by atoms with E-state index in [0.717, 1.165) is 62.5 Å². The zero-order valence-corrected chi connectivity index (χ0v) is 21.6. The first-order valence-electron chi connectivity index (χ1n) is 13.1. The molecule has 0 spiro atoms. The van der Waals surface area contributed by atoms with Gasteiger partial charge in [0, 0.05) is 31.7 Å². The Bertz CT molecular complexity index is 1400. The lowest BCUT2D eigenvalue weighted by molar-refractivity contribution is 0.0991. The maximum atomic E-state index is 12.7. The molecule has 2 aliphatic heterocycles. The van der Waals surface area contributed by atoms with Gasteiger partial charge in [0.05, 0.1) is 36.4 Å². The second kappa shape index (κ2) is 11.0. The largest absolute Gasteiger partial charge is 0.420 e. The number of rotatable bonds is 9. The van der Waals surface area contributed by atoms with E-state index in [9.17, 15) is 9.59 Å². The van der Waals surface area contributed by atoms with Crippen LogP contribution in [-0.4, -0.2) is 72.3 Å². The fourth-order valence-electron chi connectivity index (χ4n) is 5.06. The highest BCUT2D eigenvalue weighted by molar-refractivity contribution is 6.09. The number of nitrogens with zero attached hydrogens (tertiary/aromatic N) is 3. The third-order valence-electron chi connectivity index (χ3n) is 7.27. The molecule has 1 unspecified atom stereocenters. The standard InChI is InChI=1S/C29H35N5O3/c1-3-11-31-18-26(35)23-7-8-27-25(17-23)34(28(36)37-27)19-21-5-4-6-22(16-21)24-9-10-29(2,20-32-24)33-14-12-30-13-15-33/h4-10,16-17,30-31H,3,11-15,18-20H2,1-2H3. The van der Waals surface area contributed by atoms with Gasteiger partial charge < -0.3 is 15.1 Å². The lowest BCUT2D eigenvalue weighted by atomic mass is 9.93. The quantitative estimate of drug-likeness (QED) is 0.346. The number of Topliss-reactive ketones (excluding diaryl/α,β-unsaturated/α-hetero) is 1. The average Bonchev–Trinajstić information content (AvgIpc) is 3.24. The minimum Gasteiger partial charge on any atom is -0.408 e. The zero-order chi connectivity index (χ0) is 25.8. The predicted molar refractivity (Wildman–Crippen MR) is 147 cm³/mol. The molecule has 0 saturated carbocycles. The van der Waals surface area contributed by atoms with Gasteiger partial charge >= 0.3 is 5.76 Å². The highest BCUT2D eigenvalue weighted by Gasteiger charge is 2.32. The number of carbonyl (C=O) groups excluding carboxylic acids is 1. The summed E-state index contributed by atoms with van der Waals surface area (Å²) in [7, 11) is 0. The molecule has 1 atom stereocenters. The van der Waals surface area contributed by atoms with Crippen LogP contribution in [0.5, 0.6) is 0 Å². The van der Waals surface area contributed by atoms with Crippen molar-refractivity contribution in [3.63, 3.8) is 0 Å². The number of dihydropyridines is 1. The van der Waals surface area contributed by atoms with E-state index in [4.69, 9.17) is 9.41 Å². The number of benzene rings is 2. The van der Waals surface area contributed by atoms with Crippen molar-refractivity contribution in [3.8, 4) is 0 Å². The minimum absolute atomic E-state index is 0.00698. The van der Waals surface area contributed by atoms with E-state index in [0.29, 0.717) is 23.2 Å². The van der Waals surface area contributed by atoms with Crippen molar-refractivity contribution < 1.29 is 9.21 Å². The molecule has 1 fully saturated rings. The van der Waals surface area contributed by atoms with E-state index in [1.54, 1.807) is 22.8 Å². The molecule has 3 aromatic rings. The summed E-state index contributed by atoms with van der Waals surface area (Å²) in [5.41, 5.74) is 4.54. The number of fused-ring (bicyclic) bond motifs is 1. The van der Waals surface area contributed by atoms with Gasteiger partial charge in [-0.3, -0.25) is 19.3 Å². The Morgan fingerprint density at radius 2 is 2.03 bits per heavy atom. The molecule has 0 radical (unpaired) electrons. The SMILES string of the molecule is CCCNCC(=O)c1ccc2oc(=O)n(Cc3cccc(C4=NCC(C)(N5CCNCC5)C=C4)c3)c2c1. The first-order chi connectivity index (χ1) is 18.0. The van der Waals surface area contributed by atoms with Gasteiger partial charge in [0.2, 0.25) is 0 Å². The normalized spacial score (nSPS) is 20.3.